The molecule has 6 nitrogen and oxygen atoms in total. The maximum absolute atomic E-state index is 11.4. The SMILES string of the molecule is NC(=O)C1CCN(c2ncccc2C2Nc3cc(Cl)c(Cl)cc3N2)CC1. The van der Waals surface area contributed by atoms with Crippen molar-refractivity contribution in [1.29, 1.82) is 0 Å². The largest absolute Gasteiger partial charge is 0.369 e. The predicted octanol–water partition coefficient (Wildman–Crippen LogP) is 3.63. The number of hydrogen-bond donors (Lipinski definition) is 3. The Morgan fingerprint density at radius 3 is 2.35 bits per heavy atom. The van der Waals surface area contributed by atoms with Gasteiger partial charge in [-0.2, -0.15) is 0 Å². The number of amides is 1. The Labute approximate surface area is 161 Å². The molecule has 0 radical (unpaired) electrons. The fourth-order valence-corrected chi connectivity index (χ4v) is 3.89. The molecule has 1 aromatic heterocycles. The third-order valence-corrected chi connectivity index (χ3v) is 5.71. The first-order valence-corrected chi connectivity index (χ1v) is 9.30. The Morgan fingerprint density at radius 1 is 1.15 bits per heavy atom. The number of rotatable bonds is 3. The van der Waals surface area contributed by atoms with Crippen molar-refractivity contribution in [1.82, 2.24) is 4.98 Å². The Kier molecular flexibility index (Phi) is 4.54. The molecule has 0 saturated carbocycles. The molecule has 0 aliphatic carbocycles. The number of fused-ring (bicyclic) bond motifs is 1. The van der Waals surface area contributed by atoms with Crippen LogP contribution in [0.4, 0.5) is 17.2 Å². The molecular formula is C18H19Cl2N5O. The van der Waals surface area contributed by atoms with Gasteiger partial charge in [-0.3, -0.25) is 4.79 Å². The second kappa shape index (κ2) is 6.85. The topological polar surface area (TPSA) is 83.3 Å². The number of carbonyl (C=O) groups excluding carboxylic acids is 1. The molecule has 3 heterocycles. The van der Waals surface area contributed by atoms with E-state index < -0.39 is 0 Å². The summed E-state index contributed by atoms with van der Waals surface area (Å²) in [4.78, 5) is 18.2. The van der Waals surface area contributed by atoms with Crippen molar-refractivity contribution < 1.29 is 4.79 Å². The number of anilines is 3. The molecule has 0 bridgehead atoms. The zero-order valence-corrected chi connectivity index (χ0v) is 15.5. The van der Waals surface area contributed by atoms with E-state index in [9.17, 15) is 4.79 Å². The van der Waals surface area contributed by atoms with Gasteiger partial charge in [0.05, 0.1) is 21.4 Å². The maximum atomic E-state index is 11.4. The lowest BCUT2D eigenvalue weighted by Crippen LogP contribution is -2.39. The minimum Gasteiger partial charge on any atom is -0.369 e. The van der Waals surface area contributed by atoms with E-state index in [-0.39, 0.29) is 18.0 Å². The lowest BCUT2D eigenvalue weighted by molar-refractivity contribution is -0.122. The monoisotopic (exact) mass is 391 g/mol. The van der Waals surface area contributed by atoms with E-state index in [2.05, 4.69) is 20.5 Å². The van der Waals surface area contributed by atoms with E-state index in [0.717, 1.165) is 48.7 Å². The highest BCUT2D eigenvalue weighted by Crippen LogP contribution is 2.42. The highest BCUT2D eigenvalue weighted by Gasteiger charge is 2.29. The molecule has 8 heteroatoms. The number of piperidine rings is 1. The van der Waals surface area contributed by atoms with Crippen LogP contribution in [-0.2, 0) is 4.79 Å². The number of pyridine rings is 1. The fourth-order valence-electron chi connectivity index (χ4n) is 3.56. The van der Waals surface area contributed by atoms with Gasteiger partial charge in [-0.1, -0.05) is 23.2 Å². The van der Waals surface area contributed by atoms with Gasteiger partial charge in [-0.25, -0.2) is 4.98 Å². The van der Waals surface area contributed by atoms with Gasteiger partial charge in [0.1, 0.15) is 12.0 Å². The minimum absolute atomic E-state index is 0.0466. The molecular weight excluding hydrogens is 373 g/mol. The van der Waals surface area contributed by atoms with Crippen molar-refractivity contribution in [3.63, 3.8) is 0 Å². The lowest BCUT2D eigenvalue weighted by Gasteiger charge is -2.33. The normalized spacial score (nSPS) is 17.5. The van der Waals surface area contributed by atoms with Crippen molar-refractivity contribution in [3.8, 4) is 0 Å². The number of hydrogen-bond acceptors (Lipinski definition) is 5. The predicted molar refractivity (Wildman–Crippen MR) is 105 cm³/mol. The van der Waals surface area contributed by atoms with Crippen molar-refractivity contribution in [2.75, 3.05) is 28.6 Å². The van der Waals surface area contributed by atoms with E-state index in [1.54, 1.807) is 6.20 Å². The Hall–Kier alpha value is -2.18. The van der Waals surface area contributed by atoms with Gasteiger partial charge in [0.25, 0.3) is 0 Å². The summed E-state index contributed by atoms with van der Waals surface area (Å²) in [6.45, 7) is 1.52. The Morgan fingerprint density at radius 2 is 1.77 bits per heavy atom. The van der Waals surface area contributed by atoms with Crippen molar-refractivity contribution in [2.45, 2.75) is 19.0 Å². The quantitative estimate of drug-likeness (QED) is 0.743. The number of nitrogens with one attached hydrogen (secondary N) is 2. The smallest absolute Gasteiger partial charge is 0.220 e. The highest BCUT2D eigenvalue weighted by molar-refractivity contribution is 6.42. The van der Waals surface area contributed by atoms with Crippen molar-refractivity contribution in [2.24, 2.45) is 11.7 Å². The van der Waals surface area contributed by atoms with Gasteiger partial charge < -0.3 is 21.3 Å². The number of aromatic nitrogens is 1. The van der Waals surface area contributed by atoms with Crippen molar-refractivity contribution >= 4 is 46.3 Å². The number of nitrogens with zero attached hydrogens (tertiary/aromatic N) is 2. The molecule has 1 aromatic carbocycles. The van der Waals surface area contributed by atoms with Crippen LogP contribution in [0.25, 0.3) is 0 Å². The molecule has 0 atom stereocenters. The van der Waals surface area contributed by atoms with Crippen LogP contribution >= 0.6 is 23.2 Å². The van der Waals surface area contributed by atoms with Gasteiger partial charge in [0.2, 0.25) is 5.91 Å². The van der Waals surface area contributed by atoms with Crippen LogP contribution in [0, 0.1) is 5.92 Å². The summed E-state index contributed by atoms with van der Waals surface area (Å²) >= 11 is 12.2. The van der Waals surface area contributed by atoms with Crippen molar-refractivity contribution in [3.05, 3.63) is 46.1 Å². The number of halogens is 2. The summed E-state index contributed by atoms with van der Waals surface area (Å²) < 4.78 is 0. The van der Waals surface area contributed by atoms with E-state index in [1.807, 2.05) is 24.3 Å². The van der Waals surface area contributed by atoms with E-state index in [4.69, 9.17) is 28.9 Å². The molecule has 2 aliphatic rings. The summed E-state index contributed by atoms with van der Waals surface area (Å²) in [5.41, 5.74) is 8.29. The van der Waals surface area contributed by atoms with Crippen LogP contribution < -0.4 is 21.3 Å². The van der Waals surface area contributed by atoms with Gasteiger partial charge in [-0.15, -0.1) is 0 Å². The zero-order valence-electron chi connectivity index (χ0n) is 14.0. The van der Waals surface area contributed by atoms with Crippen LogP contribution in [0.1, 0.15) is 24.6 Å². The summed E-state index contributed by atoms with van der Waals surface area (Å²) in [6, 6.07) is 7.60. The minimum atomic E-state index is -0.214. The second-order valence-corrected chi connectivity index (χ2v) is 7.43. The van der Waals surface area contributed by atoms with Gasteiger partial charge in [-0.05, 0) is 37.1 Å². The standard InChI is InChI=1S/C18H19Cl2N5O/c19-12-8-14-15(9-13(12)20)24-17(23-14)11-2-1-5-22-18(11)25-6-3-10(4-7-25)16(21)26/h1-2,5,8-10,17,23-24H,3-4,6-7H2,(H2,21,26). The number of benzene rings is 1. The molecule has 1 amide bonds. The summed E-state index contributed by atoms with van der Waals surface area (Å²) in [5, 5.41) is 7.89. The van der Waals surface area contributed by atoms with E-state index in [1.165, 1.54) is 0 Å². The molecule has 136 valence electrons. The van der Waals surface area contributed by atoms with Crippen LogP contribution in [0.5, 0.6) is 0 Å². The molecule has 4 N–H and O–H groups in total. The highest BCUT2D eigenvalue weighted by atomic mass is 35.5. The molecule has 4 rings (SSSR count). The first kappa shape index (κ1) is 17.2. The molecule has 2 aliphatic heterocycles. The average Bonchev–Trinajstić information content (AvgIpc) is 3.05. The Balaban J connectivity index is 1.57. The molecule has 1 saturated heterocycles. The third kappa shape index (κ3) is 3.15. The first-order chi connectivity index (χ1) is 12.5. The van der Waals surface area contributed by atoms with Gasteiger partial charge in [0, 0.05) is 30.8 Å². The maximum Gasteiger partial charge on any atom is 0.220 e. The molecule has 26 heavy (non-hydrogen) atoms. The first-order valence-electron chi connectivity index (χ1n) is 8.54. The lowest BCUT2D eigenvalue weighted by atomic mass is 9.96. The summed E-state index contributed by atoms with van der Waals surface area (Å²) in [6.07, 6.45) is 3.16. The molecule has 0 unspecified atom stereocenters. The third-order valence-electron chi connectivity index (χ3n) is 4.98. The van der Waals surface area contributed by atoms with Crippen LogP contribution in [0.3, 0.4) is 0 Å². The molecule has 0 spiro atoms. The van der Waals surface area contributed by atoms with Crippen LogP contribution in [0.15, 0.2) is 30.5 Å². The van der Waals surface area contributed by atoms with Gasteiger partial charge >= 0.3 is 0 Å². The summed E-state index contributed by atoms with van der Waals surface area (Å²) in [7, 11) is 0. The Bertz CT molecular complexity index is 820. The fraction of sp³-hybridized carbons (Fsp3) is 0.333. The van der Waals surface area contributed by atoms with E-state index in [0.29, 0.717) is 10.0 Å². The zero-order chi connectivity index (χ0) is 18.3. The van der Waals surface area contributed by atoms with Crippen LogP contribution in [-0.4, -0.2) is 24.0 Å². The number of nitrogens with two attached hydrogens (primary N) is 1. The summed E-state index contributed by atoms with van der Waals surface area (Å²) in [5.74, 6) is 0.648. The molecule has 1 fully saturated rings. The van der Waals surface area contributed by atoms with Crippen LogP contribution in [0.2, 0.25) is 10.0 Å². The number of primary amides is 1. The second-order valence-electron chi connectivity index (χ2n) is 6.61. The molecule has 2 aromatic rings. The van der Waals surface area contributed by atoms with Gasteiger partial charge in [0.15, 0.2) is 0 Å². The number of carbonyl (C=O) groups is 1. The van der Waals surface area contributed by atoms with E-state index >= 15 is 0 Å². The average molecular weight is 392 g/mol.